The zero-order valence-corrected chi connectivity index (χ0v) is 24.1. The van der Waals surface area contributed by atoms with Crippen molar-refractivity contribution in [2.45, 2.75) is 0 Å². The van der Waals surface area contributed by atoms with Gasteiger partial charge in [-0.25, -0.2) is 9.97 Å². The summed E-state index contributed by atoms with van der Waals surface area (Å²) in [6.07, 6.45) is 0. The van der Waals surface area contributed by atoms with Crippen molar-refractivity contribution in [3.63, 3.8) is 0 Å². The molecule has 0 aliphatic heterocycles. The van der Waals surface area contributed by atoms with Gasteiger partial charge >= 0.3 is 0 Å². The summed E-state index contributed by atoms with van der Waals surface area (Å²) in [6.45, 7) is 0. The largest absolute Gasteiger partial charge is 0.228 e. The molecule has 8 rings (SSSR count). The lowest BCUT2D eigenvalue weighted by atomic mass is 9.98. The Morgan fingerprint density at radius 2 is 0.705 bits per heavy atom. The first kappa shape index (κ1) is 25.8. The summed E-state index contributed by atoms with van der Waals surface area (Å²) >= 11 is 0. The molecule has 1 heterocycles. The van der Waals surface area contributed by atoms with E-state index in [4.69, 9.17) is 9.97 Å². The van der Waals surface area contributed by atoms with E-state index in [1.54, 1.807) is 0 Å². The van der Waals surface area contributed by atoms with E-state index in [0.717, 1.165) is 33.6 Å². The normalized spacial score (nSPS) is 11.2. The second kappa shape index (κ2) is 11.1. The van der Waals surface area contributed by atoms with Gasteiger partial charge in [0.25, 0.3) is 0 Å². The molecule has 0 N–H and O–H groups in total. The quantitative estimate of drug-likeness (QED) is 0.209. The minimum atomic E-state index is 0.714. The van der Waals surface area contributed by atoms with Gasteiger partial charge in [-0.05, 0) is 68.1 Å². The number of benzene rings is 7. The molecular formula is C42H28N2. The highest BCUT2D eigenvalue weighted by Crippen LogP contribution is 2.33. The van der Waals surface area contributed by atoms with E-state index in [2.05, 4.69) is 164 Å². The van der Waals surface area contributed by atoms with Gasteiger partial charge in [0.2, 0.25) is 0 Å². The molecule has 206 valence electrons. The molecule has 0 amide bonds. The smallest absolute Gasteiger partial charge is 0.160 e. The highest BCUT2D eigenvalue weighted by atomic mass is 14.9. The first-order valence-corrected chi connectivity index (χ1v) is 14.9. The van der Waals surface area contributed by atoms with Crippen molar-refractivity contribution in [2.75, 3.05) is 0 Å². The van der Waals surface area contributed by atoms with E-state index in [0.29, 0.717) is 5.82 Å². The first-order chi connectivity index (χ1) is 21.8. The number of fused-ring (bicyclic) bond motifs is 2. The van der Waals surface area contributed by atoms with Crippen molar-refractivity contribution in [3.05, 3.63) is 170 Å². The highest BCUT2D eigenvalue weighted by Gasteiger charge is 2.13. The van der Waals surface area contributed by atoms with Crippen LogP contribution in [0, 0.1) is 0 Å². The molecule has 44 heavy (non-hydrogen) atoms. The number of hydrogen-bond donors (Lipinski definition) is 0. The number of hydrogen-bond acceptors (Lipinski definition) is 2. The molecule has 0 bridgehead atoms. The van der Waals surface area contributed by atoms with Crippen LogP contribution in [0.15, 0.2) is 170 Å². The summed E-state index contributed by atoms with van der Waals surface area (Å²) < 4.78 is 0. The van der Waals surface area contributed by atoms with Crippen molar-refractivity contribution in [2.24, 2.45) is 0 Å². The van der Waals surface area contributed by atoms with E-state index in [-0.39, 0.29) is 0 Å². The monoisotopic (exact) mass is 560 g/mol. The molecule has 0 unspecified atom stereocenters. The van der Waals surface area contributed by atoms with Crippen molar-refractivity contribution in [1.82, 2.24) is 9.97 Å². The minimum Gasteiger partial charge on any atom is -0.228 e. The van der Waals surface area contributed by atoms with E-state index >= 15 is 0 Å². The zero-order valence-electron chi connectivity index (χ0n) is 24.1. The average molecular weight is 561 g/mol. The van der Waals surface area contributed by atoms with Crippen LogP contribution in [-0.4, -0.2) is 9.97 Å². The van der Waals surface area contributed by atoms with Gasteiger partial charge in [0, 0.05) is 16.7 Å². The molecule has 0 saturated heterocycles. The van der Waals surface area contributed by atoms with Gasteiger partial charge in [0.1, 0.15) is 0 Å². The third-order valence-electron chi connectivity index (χ3n) is 8.26. The minimum absolute atomic E-state index is 0.714. The summed E-state index contributed by atoms with van der Waals surface area (Å²) in [5.74, 6) is 0.714. The van der Waals surface area contributed by atoms with Crippen LogP contribution in [0.3, 0.4) is 0 Å². The van der Waals surface area contributed by atoms with Gasteiger partial charge in [-0.2, -0.15) is 0 Å². The van der Waals surface area contributed by atoms with Crippen LogP contribution >= 0.6 is 0 Å². The maximum absolute atomic E-state index is 5.14. The van der Waals surface area contributed by atoms with Crippen LogP contribution in [0.25, 0.3) is 77.7 Å². The first-order valence-electron chi connectivity index (χ1n) is 14.9. The SMILES string of the molecule is c1ccc(-c2ccc(-c3cc(-c4cccc(-c5ccc6ccccc6c5)c4)nc(-c4ccc5ccccc5c4)n3)cc2)cc1. The second-order valence-corrected chi connectivity index (χ2v) is 11.1. The van der Waals surface area contributed by atoms with Crippen molar-refractivity contribution >= 4 is 21.5 Å². The fraction of sp³-hybridized carbons (Fsp3) is 0. The molecule has 0 atom stereocenters. The summed E-state index contributed by atoms with van der Waals surface area (Å²) in [4.78, 5) is 10.3. The van der Waals surface area contributed by atoms with Gasteiger partial charge in [0.05, 0.1) is 11.4 Å². The molecule has 7 aromatic carbocycles. The van der Waals surface area contributed by atoms with Crippen molar-refractivity contribution in [1.29, 1.82) is 0 Å². The standard InChI is InChI=1S/C42H28N2/c1-2-9-29(10-3-1)32-17-21-33(22-18-32)40-28-41(44-42(43-40)39-24-20-31-12-5-7-14-35(31)27-39)38-16-8-15-36(26-38)37-23-19-30-11-4-6-13-34(30)25-37/h1-28H. The predicted octanol–water partition coefficient (Wildman–Crippen LogP) is 11.1. The summed E-state index contributed by atoms with van der Waals surface area (Å²) in [7, 11) is 0. The molecule has 0 fully saturated rings. The van der Waals surface area contributed by atoms with Crippen molar-refractivity contribution in [3.8, 4) is 56.2 Å². The lowest BCUT2D eigenvalue weighted by Crippen LogP contribution is -1.96. The van der Waals surface area contributed by atoms with E-state index in [1.165, 1.54) is 38.2 Å². The Kier molecular flexibility index (Phi) is 6.51. The molecule has 1 aromatic heterocycles. The number of aromatic nitrogens is 2. The fourth-order valence-corrected chi connectivity index (χ4v) is 5.89. The van der Waals surface area contributed by atoms with Gasteiger partial charge in [-0.1, -0.05) is 146 Å². The molecular weight excluding hydrogens is 532 g/mol. The van der Waals surface area contributed by atoms with E-state index < -0.39 is 0 Å². The lowest BCUT2D eigenvalue weighted by Gasteiger charge is -2.12. The summed E-state index contributed by atoms with van der Waals surface area (Å²) in [6, 6.07) is 59.9. The van der Waals surface area contributed by atoms with Crippen LogP contribution in [-0.2, 0) is 0 Å². The third kappa shape index (κ3) is 5.04. The number of nitrogens with zero attached hydrogens (tertiary/aromatic N) is 2. The topological polar surface area (TPSA) is 25.8 Å². The van der Waals surface area contributed by atoms with Gasteiger partial charge in [0.15, 0.2) is 5.82 Å². The molecule has 0 saturated carbocycles. The molecule has 0 aliphatic carbocycles. The van der Waals surface area contributed by atoms with Gasteiger partial charge in [-0.15, -0.1) is 0 Å². The Bertz CT molecular complexity index is 2270. The van der Waals surface area contributed by atoms with Crippen LogP contribution in [0.4, 0.5) is 0 Å². The molecule has 2 heteroatoms. The van der Waals surface area contributed by atoms with E-state index in [9.17, 15) is 0 Å². The van der Waals surface area contributed by atoms with Crippen LogP contribution < -0.4 is 0 Å². The van der Waals surface area contributed by atoms with Gasteiger partial charge in [-0.3, -0.25) is 0 Å². The van der Waals surface area contributed by atoms with E-state index in [1.807, 2.05) is 6.07 Å². The van der Waals surface area contributed by atoms with Crippen molar-refractivity contribution < 1.29 is 0 Å². The average Bonchev–Trinajstić information content (AvgIpc) is 3.11. The predicted molar refractivity (Wildman–Crippen MR) is 184 cm³/mol. The van der Waals surface area contributed by atoms with Gasteiger partial charge < -0.3 is 0 Å². The Balaban J connectivity index is 1.25. The summed E-state index contributed by atoms with van der Waals surface area (Å²) in [5, 5.41) is 4.85. The molecule has 0 radical (unpaired) electrons. The molecule has 0 spiro atoms. The number of rotatable bonds is 5. The van der Waals surface area contributed by atoms with Crippen LogP contribution in [0.5, 0.6) is 0 Å². The molecule has 8 aromatic rings. The zero-order chi connectivity index (χ0) is 29.3. The Labute approximate surface area is 257 Å². The summed E-state index contributed by atoms with van der Waals surface area (Å²) in [5.41, 5.74) is 9.63. The maximum Gasteiger partial charge on any atom is 0.160 e. The maximum atomic E-state index is 5.14. The Hall–Kier alpha value is -5.86. The second-order valence-electron chi connectivity index (χ2n) is 11.1. The molecule has 2 nitrogen and oxygen atoms in total. The third-order valence-corrected chi connectivity index (χ3v) is 8.26. The Morgan fingerprint density at radius 1 is 0.250 bits per heavy atom. The van der Waals surface area contributed by atoms with Crippen LogP contribution in [0.2, 0.25) is 0 Å². The fourth-order valence-electron chi connectivity index (χ4n) is 5.89. The highest BCUT2D eigenvalue weighted by molar-refractivity contribution is 5.89. The Morgan fingerprint density at radius 3 is 1.41 bits per heavy atom. The molecule has 0 aliphatic rings. The lowest BCUT2D eigenvalue weighted by molar-refractivity contribution is 1.18. The van der Waals surface area contributed by atoms with Crippen LogP contribution in [0.1, 0.15) is 0 Å².